The van der Waals surface area contributed by atoms with E-state index in [-0.39, 0.29) is 40.8 Å². The molecule has 0 aliphatic carbocycles. The molecule has 2 aromatic rings. The number of piperidine rings is 2. The molecule has 6 nitrogen and oxygen atoms in total. The molecule has 0 spiro atoms. The summed E-state index contributed by atoms with van der Waals surface area (Å²) >= 11 is 0. The Morgan fingerprint density at radius 2 is 0.867 bits per heavy atom. The first-order valence-electron chi connectivity index (χ1n) is 17.2. The van der Waals surface area contributed by atoms with E-state index in [9.17, 15) is 10.2 Å². The molecule has 2 aliphatic heterocycles. The Bertz CT molecular complexity index is 1110. The maximum absolute atomic E-state index is 10.9. The highest BCUT2D eigenvalue weighted by molar-refractivity contribution is 5.41. The molecule has 0 amide bonds. The lowest BCUT2D eigenvalue weighted by molar-refractivity contribution is -0.0607. The van der Waals surface area contributed by atoms with Gasteiger partial charge < -0.3 is 19.7 Å². The number of β-amino-alcohol motifs (C(OH)–C–C–N with tert-alkyl or cyclic N) is 2. The minimum atomic E-state index is -0.553. The van der Waals surface area contributed by atoms with Gasteiger partial charge in [0.2, 0.25) is 0 Å². The maximum atomic E-state index is 10.9. The van der Waals surface area contributed by atoms with Gasteiger partial charge in [-0.15, -0.1) is 0 Å². The highest BCUT2D eigenvalue weighted by Gasteiger charge is 2.43. The summed E-state index contributed by atoms with van der Waals surface area (Å²) in [7, 11) is 0. The van der Waals surface area contributed by atoms with E-state index in [1.807, 2.05) is 24.3 Å². The fourth-order valence-corrected chi connectivity index (χ4v) is 8.09. The molecule has 45 heavy (non-hydrogen) atoms. The van der Waals surface area contributed by atoms with Gasteiger partial charge in [0.1, 0.15) is 36.9 Å². The third-order valence-corrected chi connectivity index (χ3v) is 10.9. The lowest BCUT2D eigenvalue weighted by atomic mass is 9.78. The van der Waals surface area contributed by atoms with Gasteiger partial charge in [-0.25, -0.2) is 0 Å². The first-order chi connectivity index (χ1) is 20.8. The summed E-state index contributed by atoms with van der Waals surface area (Å²) in [5, 5.41) is 21.7. The molecule has 2 aliphatic rings. The van der Waals surface area contributed by atoms with E-state index < -0.39 is 12.2 Å². The molecule has 2 heterocycles. The second-order valence-corrected chi connectivity index (χ2v) is 16.8. The van der Waals surface area contributed by atoms with E-state index in [2.05, 4.69) is 103 Å². The molecule has 0 aromatic heterocycles. The van der Waals surface area contributed by atoms with E-state index in [4.69, 9.17) is 9.47 Å². The van der Waals surface area contributed by atoms with Crippen molar-refractivity contribution in [3.63, 3.8) is 0 Å². The molecular weight excluding hydrogens is 560 g/mol. The van der Waals surface area contributed by atoms with E-state index in [1.165, 1.54) is 24.0 Å². The third kappa shape index (κ3) is 8.62. The Morgan fingerprint density at radius 3 is 1.16 bits per heavy atom. The molecule has 2 atom stereocenters. The van der Waals surface area contributed by atoms with Crippen molar-refractivity contribution in [1.29, 1.82) is 0 Å². The summed E-state index contributed by atoms with van der Waals surface area (Å²) < 4.78 is 12.1. The number of benzene rings is 2. The van der Waals surface area contributed by atoms with Crippen molar-refractivity contribution in [3.05, 3.63) is 59.7 Å². The molecule has 2 aromatic carbocycles. The Morgan fingerprint density at radius 1 is 0.578 bits per heavy atom. The Hall–Kier alpha value is -2.12. The van der Waals surface area contributed by atoms with Crippen LogP contribution in [0.15, 0.2) is 48.5 Å². The molecule has 2 saturated heterocycles. The van der Waals surface area contributed by atoms with Crippen LogP contribution in [0.25, 0.3) is 0 Å². The average Bonchev–Trinajstić information content (AvgIpc) is 2.95. The Labute approximate surface area is 274 Å². The summed E-state index contributed by atoms with van der Waals surface area (Å²) in [6.45, 7) is 24.5. The second kappa shape index (κ2) is 13.5. The van der Waals surface area contributed by atoms with Gasteiger partial charge in [0.25, 0.3) is 0 Å². The molecular formula is C39H62N2O4. The number of ether oxygens (including phenoxy) is 2. The smallest absolute Gasteiger partial charge is 0.119 e. The molecule has 2 fully saturated rings. The van der Waals surface area contributed by atoms with Crippen LogP contribution in [0.2, 0.25) is 0 Å². The molecule has 2 N–H and O–H groups in total. The Balaban J connectivity index is 1.29. The molecule has 4 rings (SSSR count). The minimum Gasteiger partial charge on any atom is -0.491 e. The van der Waals surface area contributed by atoms with Crippen LogP contribution in [0.4, 0.5) is 0 Å². The summed E-state index contributed by atoms with van der Waals surface area (Å²) in [5.41, 5.74) is 2.44. The number of aliphatic hydroxyl groups is 2. The van der Waals surface area contributed by atoms with Crippen LogP contribution in [-0.2, 0) is 5.41 Å². The summed E-state index contributed by atoms with van der Waals surface area (Å²) in [6, 6.07) is 16.5. The van der Waals surface area contributed by atoms with Crippen LogP contribution in [0.3, 0.4) is 0 Å². The number of rotatable bonds is 12. The molecule has 0 saturated carbocycles. The van der Waals surface area contributed by atoms with Gasteiger partial charge in [-0.05, 0) is 129 Å². The van der Waals surface area contributed by atoms with Crippen molar-refractivity contribution in [2.24, 2.45) is 0 Å². The predicted octanol–water partition coefficient (Wildman–Crippen LogP) is 7.58. The fourth-order valence-electron chi connectivity index (χ4n) is 8.09. The van der Waals surface area contributed by atoms with Crippen LogP contribution < -0.4 is 9.47 Å². The van der Waals surface area contributed by atoms with Gasteiger partial charge in [-0.2, -0.15) is 0 Å². The van der Waals surface area contributed by atoms with Crippen molar-refractivity contribution in [1.82, 2.24) is 9.80 Å². The predicted molar refractivity (Wildman–Crippen MR) is 185 cm³/mol. The standard InChI is InChI=1S/C39H62N2O4/c1-35(2)21-11-22-36(3,4)40(35)25-31(42)27-44-33-17-13-29(14-18-33)39(9,10)30-15-19-34(20-16-30)45-28-32(43)26-41-37(5,6)23-12-24-38(41,7)8/h13-20,31-32,42-43H,11-12,21-28H2,1-10H3. The van der Waals surface area contributed by atoms with Crippen LogP contribution in [0, 0.1) is 0 Å². The number of likely N-dealkylation sites (tertiary alicyclic amines) is 2. The number of hydrogen-bond acceptors (Lipinski definition) is 6. The second-order valence-electron chi connectivity index (χ2n) is 16.8. The largest absolute Gasteiger partial charge is 0.491 e. The lowest BCUT2D eigenvalue weighted by Crippen LogP contribution is -2.60. The van der Waals surface area contributed by atoms with Crippen molar-refractivity contribution >= 4 is 0 Å². The van der Waals surface area contributed by atoms with Crippen molar-refractivity contribution in [2.45, 2.75) is 148 Å². The Kier molecular flexibility index (Phi) is 10.8. The highest BCUT2D eigenvalue weighted by atomic mass is 16.5. The van der Waals surface area contributed by atoms with Crippen molar-refractivity contribution < 1.29 is 19.7 Å². The molecule has 0 radical (unpaired) electrons. The zero-order valence-electron chi connectivity index (χ0n) is 29.9. The maximum Gasteiger partial charge on any atom is 0.119 e. The van der Waals surface area contributed by atoms with Gasteiger partial charge in [0.05, 0.1) is 0 Å². The van der Waals surface area contributed by atoms with E-state index in [1.54, 1.807) is 0 Å². The third-order valence-electron chi connectivity index (χ3n) is 10.9. The summed E-state index contributed by atoms with van der Waals surface area (Å²) in [6.07, 6.45) is 5.94. The van der Waals surface area contributed by atoms with Crippen molar-refractivity contribution in [3.8, 4) is 11.5 Å². The van der Waals surface area contributed by atoms with Crippen LogP contribution >= 0.6 is 0 Å². The number of hydrogen-bond donors (Lipinski definition) is 2. The summed E-state index contributed by atoms with van der Waals surface area (Å²) in [4.78, 5) is 4.91. The summed E-state index contributed by atoms with van der Waals surface area (Å²) in [5.74, 6) is 1.54. The van der Waals surface area contributed by atoms with Crippen LogP contribution in [0.1, 0.15) is 119 Å². The van der Waals surface area contributed by atoms with Crippen molar-refractivity contribution in [2.75, 3.05) is 26.3 Å². The van der Waals surface area contributed by atoms with Gasteiger partial charge in [-0.3, -0.25) is 9.80 Å². The SMILES string of the molecule is CC(C)(c1ccc(OCC(O)CN2C(C)(C)CCCC2(C)C)cc1)c1ccc(OCC(O)CN2C(C)(C)CCCC2(C)C)cc1. The normalized spacial score (nSPS) is 22.8. The highest BCUT2D eigenvalue weighted by Crippen LogP contribution is 2.39. The average molecular weight is 623 g/mol. The number of nitrogens with zero attached hydrogens (tertiary/aromatic N) is 2. The zero-order valence-corrected chi connectivity index (χ0v) is 29.9. The first-order valence-corrected chi connectivity index (χ1v) is 17.2. The fraction of sp³-hybridized carbons (Fsp3) is 0.692. The zero-order chi connectivity index (χ0) is 33.3. The quantitative estimate of drug-likeness (QED) is 0.255. The van der Waals surface area contributed by atoms with Gasteiger partial charge in [0, 0.05) is 40.7 Å². The van der Waals surface area contributed by atoms with Gasteiger partial charge in [-0.1, -0.05) is 38.1 Å². The van der Waals surface area contributed by atoms with E-state index in [0.717, 1.165) is 37.2 Å². The van der Waals surface area contributed by atoms with Crippen LogP contribution in [-0.4, -0.2) is 80.7 Å². The van der Waals surface area contributed by atoms with E-state index >= 15 is 0 Å². The monoisotopic (exact) mass is 622 g/mol. The molecule has 252 valence electrons. The molecule has 0 bridgehead atoms. The van der Waals surface area contributed by atoms with Gasteiger partial charge >= 0.3 is 0 Å². The first kappa shape index (κ1) is 35.7. The molecule has 2 unspecified atom stereocenters. The van der Waals surface area contributed by atoms with E-state index in [0.29, 0.717) is 13.1 Å². The molecule has 6 heteroatoms. The topological polar surface area (TPSA) is 65.4 Å². The number of aliphatic hydroxyl groups excluding tert-OH is 2. The van der Waals surface area contributed by atoms with Crippen LogP contribution in [0.5, 0.6) is 11.5 Å². The minimum absolute atomic E-state index is 0.0727. The lowest BCUT2D eigenvalue weighted by Gasteiger charge is -2.53. The van der Waals surface area contributed by atoms with Gasteiger partial charge in [0.15, 0.2) is 0 Å².